The van der Waals surface area contributed by atoms with Gasteiger partial charge in [0.2, 0.25) is 0 Å². The van der Waals surface area contributed by atoms with Crippen molar-refractivity contribution in [3.63, 3.8) is 0 Å². The van der Waals surface area contributed by atoms with Crippen LogP contribution in [-0.2, 0) is 0 Å². The van der Waals surface area contributed by atoms with Crippen LogP contribution in [0, 0.1) is 6.92 Å². The number of rotatable bonds is 3. The third kappa shape index (κ3) is 2.33. The molecule has 3 aromatic rings. The Morgan fingerprint density at radius 3 is 2.52 bits per heavy atom. The average Bonchev–Trinajstić information content (AvgIpc) is 2.88. The Morgan fingerprint density at radius 1 is 1.19 bits per heavy atom. The van der Waals surface area contributed by atoms with E-state index in [0.717, 1.165) is 11.1 Å². The van der Waals surface area contributed by atoms with Gasteiger partial charge < -0.3 is 4.74 Å². The molecule has 0 aliphatic heterocycles. The average molecular weight is 289 g/mol. The molecule has 0 saturated heterocycles. The number of benzene rings is 1. The van der Waals surface area contributed by atoms with E-state index in [0.29, 0.717) is 17.1 Å². The minimum atomic E-state index is -2.62. The zero-order valence-electron chi connectivity index (χ0n) is 11.5. The summed E-state index contributed by atoms with van der Waals surface area (Å²) in [6.45, 7) is 1.79. The van der Waals surface area contributed by atoms with E-state index in [9.17, 15) is 8.78 Å². The fourth-order valence-corrected chi connectivity index (χ4v) is 2.16. The predicted molar refractivity (Wildman–Crippen MR) is 74.7 cm³/mol. The number of halogens is 2. The maximum absolute atomic E-state index is 13.2. The highest BCUT2D eigenvalue weighted by atomic mass is 19.3. The molecular weight excluding hydrogens is 276 g/mol. The van der Waals surface area contributed by atoms with Crippen LogP contribution < -0.4 is 4.74 Å². The summed E-state index contributed by atoms with van der Waals surface area (Å²) in [7, 11) is 1.57. The lowest BCUT2D eigenvalue weighted by atomic mass is 10.1. The van der Waals surface area contributed by atoms with Crippen molar-refractivity contribution in [1.29, 1.82) is 0 Å². The Hall–Kier alpha value is -2.50. The van der Waals surface area contributed by atoms with Crippen LogP contribution >= 0.6 is 0 Å². The summed E-state index contributed by atoms with van der Waals surface area (Å²) < 4.78 is 32.7. The Balaban J connectivity index is 2.19. The van der Waals surface area contributed by atoms with E-state index in [2.05, 4.69) is 10.1 Å². The van der Waals surface area contributed by atoms with Gasteiger partial charge in [-0.1, -0.05) is 0 Å². The Morgan fingerprint density at radius 2 is 1.90 bits per heavy atom. The molecule has 4 nitrogen and oxygen atoms in total. The fourth-order valence-electron chi connectivity index (χ4n) is 2.16. The maximum Gasteiger partial charge on any atom is 0.280 e. The van der Waals surface area contributed by atoms with Gasteiger partial charge in [-0.2, -0.15) is 5.10 Å². The minimum Gasteiger partial charge on any atom is -0.497 e. The lowest BCUT2D eigenvalue weighted by Gasteiger charge is -2.08. The molecule has 21 heavy (non-hydrogen) atoms. The van der Waals surface area contributed by atoms with Crippen LogP contribution in [0.5, 0.6) is 5.75 Å². The Labute approximate surface area is 120 Å². The number of methoxy groups -OCH3 is 1. The first kappa shape index (κ1) is 13.5. The maximum atomic E-state index is 13.2. The number of ether oxygens (including phenoxy) is 1. The Kier molecular flexibility index (Phi) is 3.29. The predicted octanol–water partition coefficient (Wildman–Crippen LogP) is 3.65. The number of hydrogen-bond donors (Lipinski definition) is 0. The van der Waals surface area contributed by atoms with E-state index in [1.807, 2.05) is 0 Å². The summed E-state index contributed by atoms with van der Waals surface area (Å²) in [5.74, 6) is 0.703. The lowest BCUT2D eigenvalue weighted by Crippen LogP contribution is -2.02. The van der Waals surface area contributed by atoms with E-state index >= 15 is 0 Å². The molecule has 108 valence electrons. The molecule has 0 N–H and O–H groups in total. The summed E-state index contributed by atoms with van der Waals surface area (Å²) in [6, 6.07) is 8.49. The molecule has 0 radical (unpaired) electrons. The molecule has 0 unspecified atom stereocenters. The van der Waals surface area contributed by atoms with Crippen molar-refractivity contribution in [2.45, 2.75) is 13.3 Å². The first-order valence-corrected chi connectivity index (χ1v) is 6.38. The normalized spacial score (nSPS) is 11.3. The van der Waals surface area contributed by atoms with E-state index in [1.54, 1.807) is 38.3 Å². The summed E-state index contributed by atoms with van der Waals surface area (Å²) in [5, 5.41) is 3.96. The number of aromatic nitrogens is 3. The standard InChI is InChI=1S/C15H13F2N3O/c1-9-8-18-20-13(14(16)17)7-12(19-15(9)20)10-3-5-11(21-2)6-4-10/h3-8,14H,1-2H3. The van der Waals surface area contributed by atoms with E-state index in [-0.39, 0.29) is 5.69 Å². The minimum absolute atomic E-state index is 0.168. The summed E-state index contributed by atoms with van der Waals surface area (Å²) >= 11 is 0. The monoisotopic (exact) mass is 289 g/mol. The number of hydrogen-bond acceptors (Lipinski definition) is 3. The highest BCUT2D eigenvalue weighted by Crippen LogP contribution is 2.27. The van der Waals surface area contributed by atoms with Crippen LogP contribution in [0.3, 0.4) is 0 Å². The van der Waals surface area contributed by atoms with Crippen LogP contribution in [0.2, 0.25) is 0 Å². The third-order valence-corrected chi connectivity index (χ3v) is 3.29. The number of fused-ring (bicyclic) bond motifs is 1. The third-order valence-electron chi connectivity index (χ3n) is 3.29. The summed E-state index contributed by atoms with van der Waals surface area (Å²) in [5.41, 5.74) is 2.27. The fraction of sp³-hybridized carbons (Fsp3) is 0.200. The van der Waals surface area contributed by atoms with Crippen molar-refractivity contribution in [3.8, 4) is 17.0 Å². The lowest BCUT2D eigenvalue weighted by molar-refractivity contribution is 0.143. The van der Waals surface area contributed by atoms with Gasteiger partial charge in [0, 0.05) is 11.1 Å². The second kappa shape index (κ2) is 5.12. The van der Waals surface area contributed by atoms with Crippen molar-refractivity contribution >= 4 is 5.65 Å². The van der Waals surface area contributed by atoms with E-state index in [4.69, 9.17) is 4.74 Å². The van der Waals surface area contributed by atoms with Crippen LogP contribution in [0.4, 0.5) is 8.78 Å². The molecule has 2 heterocycles. The van der Waals surface area contributed by atoms with E-state index < -0.39 is 6.43 Å². The topological polar surface area (TPSA) is 39.4 Å². The van der Waals surface area contributed by atoms with Gasteiger partial charge in [-0.3, -0.25) is 0 Å². The van der Waals surface area contributed by atoms with Crippen molar-refractivity contribution in [2.24, 2.45) is 0 Å². The number of nitrogens with zero attached hydrogens (tertiary/aromatic N) is 3. The van der Waals surface area contributed by atoms with Crippen molar-refractivity contribution in [1.82, 2.24) is 14.6 Å². The van der Waals surface area contributed by atoms with Crippen molar-refractivity contribution in [2.75, 3.05) is 7.11 Å². The first-order chi connectivity index (χ1) is 10.1. The largest absolute Gasteiger partial charge is 0.497 e. The molecule has 0 fully saturated rings. The molecule has 0 aliphatic rings. The number of aryl methyl sites for hydroxylation is 1. The van der Waals surface area contributed by atoms with Crippen LogP contribution in [0.15, 0.2) is 36.5 Å². The molecule has 6 heteroatoms. The molecule has 0 saturated carbocycles. The summed E-state index contributed by atoms with van der Waals surface area (Å²) in [6.07, 6.45) is -1.08. The molecule has 0 bridgehead atoms. The molecule has 3 rings (SSSR count). The van der Waals surface area contributed by atoms with E-state index in [1.165, 1.54) is 16.8 Å². The zero-order chi connectivity index (χ0) is 15.0. The molecular formula is C15H13F2N3O. The quantitative estimate of drug-likeness (QED) is 0.739. The smallest absolute Gasteiger partial charge is 0.280 e. The van der Waals surface area contributed by atoms with Gasteiger partial charge in [-0.05, 0) is 37.3 Å². The molecule has 0 atom stereocenters. The van der Waals surface area contributed by atoms with Crippen LogP contribution in [-0.4, -0.2) is 21.7 Å². The van der Waals surface area contributed by atoms with Crippen molar-refractivity contribution in [3.05, 3.63) is 47.8 Å². The van der Waals surface area contributed by atoms with Gasteiger partial charge in [0.1, 0.15) is 11.4 Å². The second-order valence-corrected chi connectivity index (χ2v) is 4.66. The molecule has 2 aromatic heterocycles. The van der Waals surface area contributed by atoms with Crippen LogP contribution in [0.25, 0.3) is 16.9 Å². The van der Waals surface area contributed by atoms with Gasteiger partial charge in [0.05, 0.1) is 19.0 Å². The zero-order valence-corrected chi connectivity index (χ0v) is 11.5. The van der Waals surface area contributed by atoms with Crippen LogP contribution in [0.1, 0.15) is 17.7 Å². The van der Waals surface area contributed by atoms with Gasteiger partial charge in [-0.25, -0.2) is 18.3 Å². The molecule has 0 aliphatic carbocycles. The SMILES string of the molecule is COc1ccc(-c2cc(C(F)F)n3ncc(C)c3n2)cc1. The van der Waals surface area contributed by atoms with Crippen molar-refractivity contribution < 1.29 is 13.5 Å². The Bertz CT molecular complexity index is 781. The second-order valence-electron chi connectivity index (χ2n) is 4.66. The first-order valence-electron chi connectivity index (χ1n) is 6.38. The van der Waals surface area contributed by atoms with Gasteiger partial charge in [0.15, 0.2) is 5.65 Å². The molecule has 0 amide bonds. The molecule has 1 aromatic carbocycles. The van der Waals surface area contributed by atoms with Gasteiger partial charge >= 0.3 is 0 Å². The number of alkyl halides is 2. The van der Waals surface area contributed by atoms with Gasteiger partial charge in [-0.15, -0.1) is 0 Å². The van der Waals surface area contributed by atoms with Gasteiger partial charge in [0.25, 0.3) is 6.43 Å². The molecule has 0 spiro atoms. The highest BCUT2D eigenvalue weighted by molar-refractivity contribution is 5.64. The highest BCUT2D eigenvalue weighted by Gasteiger charge is 2.17. The summed E-state index contributed by atoms with van der Waals surface area (Å²) in [4.78, 5) is 4.43.